The van der Waals surface area contributed by atoms with Crippen LogP contribution in [0, 0.1) is 17.2 Å². The van der Waals surface area contributed by atoms with Gasteiger partial charge >= 0.3 is 5.69 Å². The van der Waals surface area contributed by atoms with Crippen molar-refractivity contribution < 1.29 is 9.53 Å². The average Bonchev–Trinajstić information content (AvgIpc) is 3.33. The highest BCUT2D eigenvalue weighted by Gasteiger charge is 2.31. The van der Waals surface area contributed by atoms with E-state index in [1.54, 1.807) is 26.3 Å². The van der Waals surface area contributed by atoms with E-state index < -0.39 is 0 Å². The van der Waals surface area contributed by atoms with Crippen molar-refractivity contribution in [2.24, 2.45) is 5.92 Å². The molecule has 10 heteroatoms. The number of allylic oxidation sites excluding steroid dienone is 1. The van der Waals surface area contributed by atoms with Gasteiger partial charge in [0, 0.05) is 19.3 Å². The number of benzene rings is 2. The van der Waals surface area contributed by atoms with E-state index in [1.165, 1.54) is 0 Å². The van der Waals surface area contributed by atoms with Crippen molar-refractivity contribution >= 4 is 34.5 Å². The van der Waals surface area contributed by atoms with Crippen LogP contribution in [-0.2, 0) is 4.79 Å². The Hall–Kier alpha value is -4.49. The molecular formula is C32H32N6O3S. The quantitative estimate of drug-likeness (QED) is 0.242. The first-order chi connectivity index (χ1) is 20.5. The number of carbonyl (C=O) groups is 1. The Balaban J connectivity index is 1.31. The number of piperidine rings is 1. The lowest BCUT2D eigenvalue weighted by Gasteiger charge is -2.33. The number of para-hydroxylation sites is 1. The summed E-state index contributed by atoms with van der Waals surface area (Å²) in [6.45, 7) is 0.887. The zero-order valence-electron chi connectivity index (χ0n) is 23.2. The van der Waals surface area contributed by atoms with Crippen LogP contribution in [0.25, 0.3) is 16.7 Å². The molecule has 42 heavy (non-hydrogen) atoms. The number of anilines is 1. The molecule has 4 aromatic rings. The van der Waals surface area contributed by atoms with E-state index in [-0.39, 0.29) is 34.9 Å². The largest absolute Gasteiger partial charge is 0.457 e. The molecule has 0 spiro atoms. The molecule has 214 valence electrons. The Kier molecular flexibility index (Phi) is 8.02. The number of fused-ring (bicyclic) bond motifs is 1. The van der Waals surface area contributed by atoms with Crippen LogP contribution >= 0.6 is 11.8 Å². The third-order valence-corrected chi connectivity index (χ3v) is 9.00. The molecule has 1 unspecified atom stereocenters. The minimum atomic E-state index is -0.271. The fourth-order valence-corrected chi connectivity index (χ4v) is 7.01. The third-order valence-electron chi connectivity index (χ3n) is 7.95. The molecule has 1 amide bonds. The highest BCUT2D eigenvalue weighted by Crippen LogP contribution is 2.31. The second kappa shape index (κ2) is 12.2. The van der Waals surface area contributed by atoms with Crippen LogP contribution in [-0.4, -0.2) is 49.5 Å². The summed E-state index contributed by atoms with van der Waals surface area (Å²) in [5.41, 5.74) is 8.11. The maximum Gasteiger partial charge on any atom is 0.334 e. The minimum Gasteiger partial charge on any atom is -0.457 e. The van der Waals surface area contributed by atoms with Crippen LogP contribution in [0.2, 0.25) is 0 Å². The number of hydrogen-bond acceptors (Lipinski definition) is 7. The number of nitrogens with two attached hydrogens (primary N) is 1. The summed E-state index contributed by atoms with van der Waals surface area (Å²) in [5, 5.41) is 9.83. The van der Waals surface area contributed by atoms with Crippen molar-refractivity contribution in [2.75, 3.05) is 30.3 Å². The number of hydrogen-bond donors (Lipinski definition) is 1. The molecule has 0 bridgehead atoms. The van der Waals surface area contributed by atoms with Crippen LogP contribution in [0.3, 0.4) is 0 Å². The minimum absolute atomic E-state index is 0.202. The Morgan fingerprint density at radius 1 is 1.05 bits per heavy atom. The van der Waals surface area contributed by atoms with Crippen molar-refractivity contribution in [2.45, 2.75) is 31.7 Å². The molecule has 1 atom stereocenters. The second-order valence-corrected chi connectivity index (χ2v) is 11.9. The number of imidazole rings is 1. The average molecular weight is 581 g/mol. The SMILES string of the molecule is N#CC(=CC1CCSCC1)C(=O)N1CCCC(n2c(=O)n(-c3ccc(Oc4ccccc4)cc3)c3c(N)nccc32)C1. The molecule has 0 aliphatic carbocycles. The number of amides is 1. The van der Waals surface area contributed by atoms with E-state index >= 15 is 0 Å². The first-order valence-electron chi connectivity index (χ1n) is 14.2. The summed E-state index contributed by atoms with van der Waals surface area (Å²) < 4.78 is 9.23. The van der Waals surface area contributed by atoms with Gasteiger partial charge in [-0.05, 0) is 85.6 Å². The van der Waals surface area contributed by atoms with Crippen molar-refractivity contribution in [3.05, 3.63) is 89.0 Å². The first-order valence-corrected chi connectivity index (χ1v) is 15.4. The van der Waals surface area contributed by atoms with Gasteiger partial charge in [-0.15, -0.1) is 0 Å². The molecule has 2 aliphatic heterocycles. The number of nitrogen functional groups attached to an aromatic ring is 1. The standard InChI is InChI=1S/C32H32N6O3S/c33-20-23(19-22-13-17-42-18-14-22)31(39)36-16-4-5-25(21-36)37-28-12-15-35-30(34)29(28)38(32(37)40)24-8-10-27(11-9-24)41-26-6-2-1-3-7-26/h1-3,6-12,15,19,22,25H,4-5,13-14,16-18,21H2,(H2,34,35). The van der Waals surface area contributed by atoms with Gasteiger partial charge in [-0.25, -0.2) is 9.78 Å². The summed E-state index contributed by atoms with van der Waals surface area (Å²) in [6, 6.07) is 20.4. The van der Waals surface area contributed by atoms with E-state index in [0.717, 1.165) is 42.9 Å². The molecule has 0 saturated carbocycles. The molecule has 2 aromatic heterocycles. The van der Waals surface area contributed by atoms with E-state index in [4.69, 9.17) is 10.5 Å². The van der Waals surface area contributed by atoms with Crippen LogP contribution < -0.4 is 16.2 Å². The molecule has 2 aromatic carbocycles. The number of thioether (sulfide) groups is 1. The van der Waals surface area contributed by atoms with Crippen LogP contribution in [0.5, 0.6) is 11.5 Å². The molecule has 2 saturated heterocycles. The van der Waals surface area contributed by atoms with Gasteiger partial charge < -0.3 is 15.4 Å². The van der Waals surface area contributed by atoms with Gasteiger partial charge in [-0.1, -0.05) is 24.3 Å². The van der Waals surface area contributed by atoms with Crippen molar-refractivity contribution in [3.8, 4) is 23.3 Å². The zero-order chi connectivity index (χ0) is 29.1. The summed E-state index contributed by atoms with van der Waals surface area (Å²) in [6.07, 6.45) is 6.87. The van der Waals surface area contributed by atoms with Gasteiger partial charge in [0.1, 0.15) is 34.5 Å². The van der Waals surface area contributed by atoms with Crippen LogP contribution in [0.15, 0.2) is 83.3 Å². The monoisotopic (exact) mass is 580 g/mol. The Morgan fingerprint density at radius 2 is 1.79 bits per heavy atom. The summed E-state index contributed by atoms with van der Waals surface area (Å²) in [4.78, 5) is 33.5. The van der Waals surface area contributed by atoms with Gasteiger partial charge in [-0.3, -0.25) is 13.9 Å². The van der Waals surface area contributed by atoms with Gasteiger partial charge in [0.2, 0.25) is 0 Å². The smallest absolute Gasteiger partial charge is 0.334 e. The van der Waals surface area contributed by atoms with Crippen molar-refractivity contribution in [3.63, 3.8) is 0 Å². The predicted molar refractivity (Wildman–Crippen MR) is 165 cm³/mol. The predicted octanol–water partition coefficient (Wildman–Crippen LogP) is 5.32. The first kappa shape index (κ1) is 27.7. The molecule has 2 N–H and O–H groups in total. The lowest BCUT2D eigenvalue weighted by atomic mass is 9.98. The van der Waals surface area contributed by atoms with Crippen LogP contribution in [0.1, 0.15) is 31.7 Å². The summed E-state index contributed by atoms with van der Waals surface area (Å²) in [7, 11) is 0. The second-order valence-electron chi connectivity index (χ2n) is 10.7. The van der Waals surface area contributed by atoms with E-state index in [9.17, 15) is 14.9 Å². The number of pyridine rings is 1. The topological polar surface area (TPSA) is 119 Å². The Bertz CT molecular complexity index is 1720. The van der Waals surface area contributed by atoms with Gasteiger partial charge in [0.25, 0.3) is 5.91 Å². The van der Waals surface area contributed by atoms with Gasteiger partial charge in [0.15, 0.2) is 0 Å². The van der Waals surface area contributed by atoms with Gasteiger partial charge in [0.05, 0.1) is 17.2 Å². The summed E-state index contributed by atoms with van der Waals surface area (Å²) in [5.74, 6) is 3.70. The van der Waals surface area contributed by atoms with Crippen molar-refractivity contribution in [1.29, 1.82) is 5.26 Å². The number of aromatic nitrogens is 3. The van der Waals surface area contributed by atoms with Crippen molar-refractivity contribution in [1.82, 2.24) is 19.0 Å². The molecule has 9 nitrogen and oxygen atoms in total. The fourth-order valence-electron chi connectivity index (χ4n) is 5.86. The highest BCUT2D eigenvalue weighted by atomic mass is 32.2. The van der Waals surface area contributed by atoms with Gasteiger partial charge in [-0.2, -0.15) is 17.0 Å². The maximum atomic E-state index is 14.1. The highest BCUT2D eigenvalue weighted by molar-refractivity contribution is 7.99. The summed E-state index contributed by atoms with van der Waals surface area (Å²) >= 11 is 1.91. The Morgan fingerprint density at radius 3 is 2.52 bits per heavy atom. The number of likely N-dealkylation sites (tertiary alicyclic amines) is 1. The number of carbonyl (C=O) groups excluding carboxylic acids is 1. The molecule has 2 aliphatic rings. The Labute approximate surface area is 248 Å². The molecule has 6 rings (SSSR count). The molecule has 4 heterocycles. The van der Waals surface area contributed by atoms with E-state index in [2.05, 4.69) is 11.1 Å². The number of nitrogens with zero attached hydrogens (tertiary/aromatic N) is 5. The maximum absolute atomic E-state index is 14.1. The normalized spacial score (nSPS) is 18.1. The van der Waals surface area contributed by atoms with Crippen LogP contribution in [0.4, 0.5) is 5.82 Å². The number of rotatable bonds is 6. The zero-order valence-corrected chi connectivity index (χ0v) is 24.0. The lowest BCUT2D eigenvalue weighted by Crippen LogP contribution is -2.43. The number of nitriles is 1. The van der Waals surface area contributed by atoms with E-state index in [0.29, 0.717) is 35.6 Å². The molecule has 0 radical (unpaired) electrons. The van der Waals surface area contributed by atoms with E-state index in [1.807, 2.05) is 72.4 Å². The third kappa shape index (κ3) is 5.52. The lowest BCUT2D eigenvalue weighted by molar-refractivity contribution is -0.128. The fraction of sp³-hybridized carbons (Fsp3) is 0.312. The molecule has 2 fully saturated rings. The molecular weight excluding hydrogens is 548 g/mol. The number of ether oxygens (including phenoxy) is 1.